The van der Waals surface area contributed by atoms with Gasteiger partial charge >= 0.3 is 0 Å². The van der Waals surface area contributed by atoms with Crippen molar-refractivity contribution in [3.8, 4) is 0 Å². The Kier molecular flexibility index (Phi) is 2.27. The largest absolute Gasteiger partial charge is 0.324 e. The van der Waals surface area contributed by atoms with Gasteiger partial charge in [0, 0.05) is 4.90 Å². The van der Waals surface area contributed by atoms with Crippen LogP contribution >= 0.6 is 11.8 Å². The van der Waals surface area contributed by atoms with Crippen molar-refractivity contribution in [2.75, 3.05) is 5.32 Å². The molecule has 0 aliphatic carbocycles. The normalized spacial score (nSPS) is 20.2. The van der Waals surface area contributed by atoms with Gasteiger partial charge in [0.15, 0.2) is 0 Å². The lowest BCUT2D eigenvalue weighted by Gasteiger charge is -2.24. The quantitative estimate of drug-likeness (QED) is 0.708. The van der Waals surface area contributed by atoms with Gasteiger partial charge in [-0.1, -0.05) is 12.1 Å². The zero-order valence-electron chi connectivity index (χ0n) is 8.55. The van der Waals surface area contributed by atoms with Crippen molar-refractivity contribution in [2.24, 2.45) is 0 Å². The first-order chi connectivity index (χ1) is 6.59. The number of anilines is 1. The van der Waals surface area contributed by atoms with Gasteiger partial charge in [0.25, 0.3) is 0 Å². The molecule has 1 aromatic rings. The molecule has 1 aromatic carbocycles. The number of fused-ring (bicyclic) bond motifs is 1. The van der Waals surface area contributed by atoms with E-state index in [0.717, 1.165) is 11.3 Å². The number of aryl methyl sites for hydroxylation is 2. The standard InChI is InChI=1S/C11H13NOS/c1-6-4-5-7(2)10-9(6)12-11(13)8(3)14-10/h4-5,8H,1-3H3,(H,12,13). The molecule has 0 saturated carbocycles. The van der Waals surface area contributed by atoms with Crippen molar-refractivity contribution in [2.45, 2.75) is 30.9 Å². The van der Waals surface area contributed by atoms with E-state index in [0.29, 0.717) is 0 Å². The Morgan fingerprint density at radius 3 is 2.64 bits per heavy atom. The Hall–Kier alpha value is -0.960. The third-order valence-electron chi connectivity index (χ3n) is 2.47. The summed E-state index contributed by atoms with van der Waals surface area (Å²) in [6.45, 7) is 6.04. The maximum absolute atomic E-state index is 11.5. The molecule has 0 radical (unpaired) electrons. The number of amides is 1. The van der Waals surface area contributed by atoms with Gasteiger partial charge in [0.2, 0.25) is 5.91 Å². The fourth-order valence-electron chi connectivity index (χ4n) is 1.55. The number of carbonyl (C=O) groups excluding carboxylic acids is 1. The van der Waals surface area contributed by atoms with E-state index >= 15 is 0 Å². The maximum atomic E-state index is 11.5. The highest BCUT2D eigenvalue weighted by molar-refractivity contribution is 8.01. The zero-order valence-corrected chi connectivity index (χ0v) is 9.37. The van der Waals surface area contributed by atoms with Gasteiger partial charge in [0.05, 0.1) is 10.9 Å². The summed E-state index contributed by atoms with van der Waals surface area (Å²) in [5.74, 6) is 0.108. The van der Waals surface area contributed by atoms with Crippen LogP contribution in [0.5, 0.6) is 0 Å². The number of nitrogens with one attached hydrogen (secondary N) is 1. The van der Waals surface area contributed by atoms with Crippen LogP contribution in [0.25, 0.3) is 0 Å². The van der Waals surface area contributed by atoms with Crippen LogP contribution in [0.15, 0.2) is 17.0 Å². The molecule has 1 aliphatic heterocycles. The summed E-state index contributed by atoms with van der Waals surface area (Å²) >= 11 is 1.65. The fourth-order valence-corrected chi connectivity index (χ4v) is 2.65. The van der Waals surface area contributed by atoms with Gasteiger partial charge in [-0.05, 0) is 31.9 Å². The molecular weight excluding hydrogens is 194 g/mol. The van der Waals surface area contributed by atoms with Gasteiger partial charge in [-0.25, -0.2) is 0 Å². The van der Waals surface area contributed by atoms with E-state index in [1.54, 1.807) is 11.8 Å². The first kappa shape index (κ1) is 9.59. The average Bonchev–Trinajstić information content (AvgIpc) is 2.15. The van der Waals surface area contributed by atoms with Gasteiger partial charge in [-0.3, -0.25) is 4.79 Å². The van der Waals surface area contributed by atoms with Crippen molar-refractivity contribution in [3.05, 3.63) is 23.3 Å². The fraction of sp³-hybridized carbons (Fsp3) is 0.364. The molecule has 74 valence electrons. The minimum absolute atomic E-state index is 0.0167. The van der Waals surface area contributed by atoms with E-state index in [1.165, 1.54) is 10.5 Å². The van der Waals surface area contributed by atoms with E-state index in [9.17, 15) is 4.79 Å². The van der Waals surface area contributed by atoms with E-state index in [-0.39, 0.29) is 11.2 Å². The molecule has 1 aliphatic rings. The predicted octanol–water partition coefficient (Wildman–Crippen LogP) is 2.74. The number of carbonyl (C=O) groups is 1. The summed E-state index contributed by atoms with van der Waals surface area (Å²) in [4.78, 5) is 12.7. The van der Waals surface area contributed by atoms with Crippen LogP contribution in [-0.2, 0) is 4.79 Å². The van der Waals surface area contributed by atoms with Crippen LogP contribution in [0.4, 0.5) is 5.69 Å². The summed E-state index contributed by atoms with van der Waals surface area (Å²) in [5.41, 5.74) is 3.37. The molecule has 1 atom stereocenters. The molecule has 1 N–H and O–H groups in total. The lowest BCUT2D eigenvalue weighted by Crippen LogP contribution is -2.27. The highest BCUT2D eigenvalue weighted by Gasteiger charge is 2.24. The predicted molar refractivity (Wildman–Crippen MR) is 59.9 cm³/mol. The third kappa shape index (κ3) is 1.42. The minimum atomic E-state index is 0.0167. The van der Waals surface area contributed by atoms with Crippen molar-refractivity contribution < 1.29 is 4.79 Å². The molecule has 0 fully saturated rings. The lowest BCUT2D eigenvalue weighted by atomic mass is 10.1. The molecular formula is C11H13NOS. The summed E-state index contributed by atoms with van der Waals surface area (Å²) in [6, 6.07) is 4.15. The van der Waals surface area contributed by atoms with Crippen molar-refractivity contribution in [1.29, 1.82) is 0 Å². The summed E-state index contributed by atoms with van der Waals surface area (Å²) in [5, 5.41) is 2.98. The molecule has 14 heavy (non-hydrogen) atoms. The van der Waals surface area contributed by atoms with Gasteiger partial charge in [0.1, 0.15) is 0 Å². The van der Waals surface area contributed by atoms with Crippen molar-refractivity contribution in [3.63, 3.8) is 0 Å². The van der Waals surface area contributed by atoms with E-state index in [2.05, 4.69) is 18.3 Å². The summed E-state index contributed by atoms with van der Waals surface area (Å²) in [6.07, 6.45) is 0. The number of rotatable bonds is 0. The zero-order chi connectivity index (χ0) is 10.3. The van der Waals surface area contributed by atoms with E-state index < -0.39 is 0 Å². The second-order valence-corrected chi connectivity index (χ2v) is 5.00. The summed E-state index contributed by atoms with van der Waals surface area (Å²) in [7, 11) is 0. The molecule has 1 heterocycles. The second-order valence-electron chi connectivity index (χ2n) is 3.65. The lowest BCUT2D eigenvalue weighted by molar-refractivity contribution is -0.115. The van der Waals surface area contributed by atoms with Gasteiger partial charge in [-0.2, -0.15) is 0 Å². The molecule has 0 spiro atoms. The van der Waals surface area contributed by atoms with Crippen molar-refractivity contribution in [1.82, 2.24) is 0 Å². The monoisotopic (exact) mass is 207 g/mol. The second kappa shape index (κ2) is 3.31. The van der Waals surface area contributed by atoms with Crippen LogP contribution in [0, 0.1) is 13.8 Å². The number of hydrogen-bond acceptors (Lipinski definition) is 2. The Morgan fingerprint density at radius 2 is 1.93 bits per heavy atom. The molecule has 2 nitrogen and oxygen atoms in total. The molecule has 0 bridgehead atoms. The van der Waals surface area contributed by atoms with Crippen LogP contribution in [0.1, 0.15) is 18.1 Å². The maximum Gasteiger partial charge on any atom is 0.237 e. The van der Waals surface area contributed by atoms with Gasteiger partial charge < -0.3 is 5.32 Å². The Bertz CT molecular complexity index is 401. The van der Waals surface area contributed by atoms with Crippen LogP contribution in [0.2, 0.25) is 0 Å². The first-order valence-corrected chi connectivity index (χ1v) is 5.55. The SMILES string of the molecule is Cc1ccc(C)c2c1NC(=O)C(C)S2. The van der Waals surface area contributed by atoms with E-state index in [1.807, 2.05) is 19.9 Å². The molecule has 0 saturated heterocycles. The highest BCUT2D eigenvalue weighted by Crippen LogP contribution is 2.39. The average molecular weight is 207 g/mol. The number of thioether (sulfide) groups is 1. The summed E-state index contributed by atoms with van der Waals surface area (Å²) < 4.78 is 0. The number of benzene rings is 1. The Morgan fingerprint density at radius 1 is 1.29 bits per heavy atom. The first-order valence-electron chi connectivity index (χ1n) is 4.67. The van der Waals surface area contributed by atoms with Crippen LogP contribution in [0.3, 0.4) is 0 Å². The molecule has 2 rings (SSSR count). The topological polar surface area (TPSA) is 29.1 Å². The molecule has 1 unspecified atom stereocenters. The Labute approximate surface area is 88.1 Å². The van der Waals surface area contributed by atoms with Crippen molar-refractivity contribution >= 4 is 23.4 Å². The minimum Gasteiger partial charge on any atom is -0.324 e. The van der Waals surface area contributed by atoms with E-state index in [4.69, 9.17) is 0 Å². The molecule has 3 heteroatoms. The molecule has 1 amide bonds. The molecule has 0 aromatic heterocycles. The van der Waals surface area contributed by atoms with Crippen LogP contribution in [-0.4, -0.2) is 11.2 Å². The smallest absolute Gasteiger partial charge is 0.237 e. The highest BCUT2D eigenvalue weighted by atomic mass is 32.2. The van der Waals surface area contributed by atoms with Gasteiger partial charge in [-0.15, -0.1) is 11.8 Å². The Balaban J connectivity index is 2.55. The number of hydrogen-bond donors (Lipinski definition) is 1. The third-order valence-corrected chi connectivity index (χ3v) is 3.80. The van der Waals surface area contributed by atoms with Crippen LogP contribution < -0.4 is 5.32 Å².